The Morgan fingerprint density at radius 2 is 1.86 bits per heavy atom. The number of thiazole rings is 1. The van der Waals surface area contributed by atoms with Gasteiger partial charge in [0.2, 0.25) is 0 Å². The third-order valence-electron chi connectivity index (χ3n) is 6.58. The van der Waals surface area contributed by atoms with Gasteiger partial charge in [0.1, 0.15) is 0 Å². The number of nitrogens with zero attached hydrogens (tertiary/aromatic N) is 2. The number of fused-ring (bicyclic) bond motifs is 3. The number of hydrogen-bond donors (Lipinski definition) is 0. The minimum Gasteiger partial charge on any atom is -0.300 e. The fraction of sp³-hybridized carbons (Fsp3) is 0.409. The molecule has 3 heterocycles. The fourth-order valence-corrected chi connectivity index (χ4v) is 6.42. The molecule has 4 atom stereocenters. The molecule has 2 aliphatic heterocycles. The standard InChI is InChI=1S/C22H20ClF3N2S/c1-28-15-7-8-18(28)20(16(11-15)12-2-5-14(23)6-3-12)21-27-17-10-13(22(24,25)26)4-9-19(17)29-21/h2-6,9-10,15-16,18,20H,7-8,11H2,1H3/t15-,16-,18?,20+/m1/s1. The first kappa shape index (κ1) is 19.3. The van der Waals surface area contributed by atoms with E-state index < -0.39 is 11.7 Å². The van der Waals surface area contributed by atoms with Gasteiger partial charge in [-0.2, -0.15) is 13.2 Å². The first-order valence-electron chi connectivity index (χ1n) is 9.76. The minimum absolute atomic E-state index is 0.173. The third-order valence-corrected chi connectivity index (χ3v) is 7.97. The van der Waals surface area contributed by atoms with Gasteiger partial charge in [0.25, 0.3) is 0 Å². The second kappa shape index (κ2) is 6.96. The molecule has 5 rings (SSSR count). The zero-order valence-electron chi connectivity index (χ0n) is 15.8. The maximum absolute atomic E-state index is 13.1. The van der Waals surface area contributed by atoms with E-state index in [2.05, 4.69) is 24.1 Å². The molecule has 1 aromatic heterocycles. The van der Waals surface area contributed by atoms with Gasteiger partial charge in [-0.1, -0.05) is 23.7 Å². The fourth-order valence-electron chi connectivity index (χ4n) is 5.12. The van der Waals surface area contributed by atoms with E-state index in [0.29, 0.717) is 28.5 Å². The molecule has 29 heavy (non-hydrogen) atoms. The summed E-state index contributed by atoms with van der Waals surface area (Å²) in [6.07, 6.45) is -1.07. The van der Waals surface area contributed by atoms with Crippen LogP contribution in [0.25, 0.3) is 10.2 Å². The van der Waals surface area contributed by atoms with E-state index in [1.807, 2.05) is 12.1 Å². The van der Waals surface area contributed by atoms with E-state index in [9.17, 15) is 13.2 Å². The number of aromatic nitrogens is 1. The van der Waals surface area contributed by atoms with Crippen molar-refractivity contribution in [2.45, 2.75) is 49.4 Å². The van der Waals surface area contributed by atoms with E-state index in [-0.39, 0.29) is 5.92 Å². The van der Waals surface area contributed by atoms with Gasteiger partial charge in [0.05, 0.1) is 20.8 Å². The molecule has 3 aromatic rings. The molecule has 2 aliphatic rings. The van der Waals surface area contributed by atoms with Crippen LogP contribution in [0, 0.1) is 0 Å². The van der Waals surface area contributed by atoms with Crippen LogP contribution in [0.4, 0.5) is 13.2 Å². The normalized spacial score (nSPS) is 27.6. The monoisotopic (exact) mass is 436 g/mol. The molecule has 2 bridgehead atoms. The molecule has 152 valence electrons. The van der Waals surface area contributed by atoms with Crippen molar-refractivity contribution in [2.75, 3.05) is 7.05 Å². The highest BCUT2D eigenvalue weighted by molar-refractivity contribution is 7.18. The quantitative estimate of drug-likeness (QED) is 0.444. The van der Waals surface area contributed by atoms with Crippen molar-refractivity contribution in [1.82, 2.24) is 9.88 Å². The van der Waals surface area contributed by atoms with Gasteiger partial charge in [-0.05, 0) is 68.1 Å². The Bertz CT molecular complexity index is 1050. The molecule has 0 amide bonds. The number of piperidine rings is 1. The molecule has 0 radical (unpaired) electrons. The Hall–Kier alpha value is -1.63. The number of likely N-dealkylation sites (N-methyl/N-ethyl adjacent to an activating group) is 1. The van der Waals surface area contributed by atoms with E-state index in [0.717, 1.165) is 35.0 Å². The van der Waals surface area contributed by atoms with Gasteiger partial charge >= 0.3 is 6.18 Å². The third kappa shape index (κ3) is 3.35. The lowest BCUT2D eigenvalue weighted by atomic mass is 9.76. The van der Waals surface area contributed by atoms with Crippen molar-refractivity contribution in [2.24, 2.45) is 0 Å². The molecule has 2 aromatic carbocycles. The zero-order chi connectivity index (χ0) is 20.3. The van der Waals surface area contributed by atoms with Crippen LogP contribution < -0.4 is 0 Å². The number of halogens is 4. The Morgan fingerprint density at radius 1 is 1.10 bits per heavy atom. The Balaban J connectivity index is 1.59. The Morgan fingerprint density at radius 3 is 2.59 bits per heavy atom. The average molecular weight is 437 g/mol. The molecule has 0 saturated carbocycles. The number of hydrogen-bond acceptors (Lipinski definition) is 3. The number of alkyl halides is 3. The summed E-state index contributed by atoms with van der Waals surface area (Å²) < 4.78 is 40.2. The molecule has 2 fully saturated rings. The van der Waals surface area contributed by atoms with Gasteiger partial charge < -0.3 is 0 Å². The summed E-state index contributed by atoms with van der Waals surface area (Å²) >= 11 is 7.62. The van der Waals surface area contributed by atoms with Crippen molar-refractivity contribution >= 4 is 33.2 Å². The zero-order valence-corrected chi connectivity index (χ0v) is 17.4. The number of rotatable bonds is 2. The summed E-state index contributed by atoms with van der Waals surface area (Å²) in [5, 5.41) is 1.65. The molecule has 7 heteroatoms. The van der Waals surface area contributed by atoms with Gasteiger partial charge in [0.15, 0.2) is 0 Å². The Labute approximate surface area is 176 Å². The highest BCUT2D eigenvalue weighted by Crippen LogP contribution is 2.52. The second-order valence-electron chi connectivity index (χ2n) is 8.12. The molecule has 0 N–H and O–H groups in total. The molecule has 1 unspecified atom stereocenters. The van der Waals surface area contributed by atoms with Crippen LogP contribution in [0.3, 0.4) is 0 Å². The highest BCUT2D eigenvalue weighted by atomic mass is 35.5. The summed E-state index contributed by atoms with van der Waals surface area (Å²) in [6.45, 7) is 0. The van der Waals surface area contributed by atoms with Crippen LogP contribution >= 0.6 is 22.9 Å². The Kier molecular flexibility index (Phi) is 4.64. The largest absolute Gasteiger partial charge is 0.416 e. The molecule has 2 saturated heterocycles. The van der Waals surface area contributed by atoms with Crippen molar-refractivity contribution < 1.29 is 13.2 Å². The molecule has 2 nitrogen and oxygen atoms in total. The van der Waals surface area contributed by atoms with Crippen LogP contribution in [0.15, 0.2) is 42.5 Å². The summed E-state index contributed by atoms with van der Waals surface area (Å²) in [6, 6.07) is 12.8. The first-order valence-corrected chi connectivity index (χ1v) is 11.0. The van der Waals surface area contributed by atoms with Gasteiger partial charge in [-0.15, -0.1) is 11.3 Å². The lowest BCUT2D eigenvalue weighted by Gasteiger charge is -2.42. The molecule has 0 aliphatic carbocycles. The average Bonchev–Trinajstić information content (AvgIpc) is 3.19. The molecular formula is C22H20ClF3N2S. The van der Waals surface area contributed by atoms with Crippen molar-refractivity contribution in [1.29, 1.82) is 0 Å². The maximum atomic E-state index is 13.1. The summed E-state index contributed by atoms with van der Waals surface area (Å²) in [7, 11) is 2.17. The van der Waals surface area contributed by atoms with Crippen molar-refractivity contribution in [3.8, 4) is 0 Å². The second-order valence-corrected chi connectivity index (χ2v) is 9.61. The summed E-state index contributed by atoms with van der Waals surface area (Å²) in [5.41, 5.74) is 1.04. The highest BCUT2D eigenvalue weighted by Gasteiger charge is 2.47. The lowest BCUT2D eigenvalue weighted by molar-refractivity contribution is -0.137. The predicted octanol–water partition coefficient (Wildman–Crippen LogP) is 6.70. The SMILES string of the molecule is CN1C2CC[C@@H]1C[C@H](c1ccc(Cl)cc1)[C@@H]2c1nc2cc(C(F)(F)F)ccc2s1. The summed E-state index contributed by atoms with van der Waals surface area (Å²) in [5.74, 6) is 0.468. The lowest BCUT2D eigenvalue weighted by Crippen LogP contribution is -2.44. The molecule has 0 spiro atoms. The van der Waals surface area contributed by atoms with Crippen LogP contribution in [0.5, 0.6) is 0 Å². The van der Waals surface area contributed by atoms with E-state index in [4.69, 9.17) is 16.6 Å². The van der Waals surface area contributed by atoms with Gasteiger partial charge in [-0.25, -0.2) is 4.98 Å². The van der Waals surface area contributed by atoms with E-state index >= 15 is 0 Å². The topological polar surface area (TPSA) is 16.1 Å². The van der Waals surface area contributed by atoms with Gasteiger partial charge in [0, 0.05) is 23.0 Å². The van der Waals surface area contributed by atoms with Crippen LogP contribution in [-0.4, -0.2) is 29.0 Å². The van der Waals surface area contributed by atoms with Crippen LogP contribution in [-0.2, 0) is 6.18 Å². The van der Waals surface area contributed by atoms with E-state index in [1.165, 1.54) is 23.0 Å². The smallest absolute Gasteiger partial charge is 0.300 e. The van der Waals surface area contributed by atoms with E-state index in [1.54, 1.807) is 6.07 Å². The minimum atomic E-state index is -4.35. The maximum Gasteiger partial charge on any atom is 0.416 e. The first-order chi connectivity index (χ1) is 13.8. The summed E-state index contributed by atoms with van der Waals surface area (Å²) in [4.78, 5) is 7.17. The van der Waals surface area contributed by atoms with Crippen LogP contribution in [0.2, 0.25) is 5.02 Å². The van der Waals surface area contributed by atoms with Crippen molar-refractivity contribution in [3.63, 3.8) is 0 Å². The predicted molar refractivity (Wildman–Crippen MR) is 111 cm³/mol. The van der Waals surface area contributed by atoms with Gasteiger partial charge in [-0.3, -0.25) is 4.90 Å². The van der Waals surface area contributed by atoms with Crippen LogP contribution in [0.1, 0.15) is 47.2 Å². The van der Waals surface area contributed by atoms with Crippen molar-refractivity contribution in [3.05, 3.63) is 63.6 Å². The number of benzene rings is 2. The molecular weight excluding hydrogens is 417 g/mol.